The van der Waals surface area contributed by atoms with Crippen molar-refractivity contribution in [3.8, 4) is 11.5 Å². The molecule has 0 amide bonds. The first kappa shape index (κ1) is 17.4. The molecule has 0 spiro atoms. The fraction of sp³-hybridized carbons (Fsp3) is 0.478. The van der Waals surface area contributed by atoms with Gasteiger partial charge < -0.3 is 14.4 Å². The fourth-order valence-corrected chi connectivity index (χ4v) is 4.61. The molecular formula is C23H29NO2. The van der Waals surface area contributed by atoms with Crippen molar-refractivity contribution in [2.75, 3.05) is 26.7 Å². The summed E-state index contributed by atoms with van der Waals surface area (Å²) in [6.07, 6.45) is 4.93. The predicted octanol–water partition coefficient (Wildman–Crippen LogP) is 4.44. The summed E-state index contributed by atoms with van der Waals surface area (Å²) >= 11 is 0. The molecule has 4 rings (SSSR count). The molecule has 1 saturated heterocycles. The van der Waals surface area contributed by atoms with Crippen LogP contribution in [0.3, 0.4) is 0 Å². The molecule has 1 unspecified atom stereocenters. The molecule has 0 bridgehead atoms. The topological polar surface area (TPSA) is 21.7 Å². The van der Waals surface area contributed by atoms with Crippen LogP contribution >= 0.6 is 0 Å². The Bertz CT molecular complexity index is 751. The van der Waals surface area contributed by atoms with Crippen LogP contribution in [0.15, 0.2) is 48.5 Å². The van der Waals surface area contributed by atoms with E-state index in [1.54, 1.807) is 18.2 Å². The third-order valence-corrected chi connectivity index (χ3v) is 6.08. The van der Waals surface area contributed by atoms with E-state index >= 15 is 0 Å². The number of aryl methyl sites for hydroxylation is 1. The van der Waals surface area contributed by atoms with Crippen molar-refractivity contribution < 1.29 is 9.47 Å². The van der Waals surface area contributed by atoms with Gasteiger partial charge in [0.15, 0.2) is 11.5 Å². The van der Waals surface area contributed by atoms with E-state index in [4.69, 9.17) is 9.47 Å². The largest absolute Gasteiger partial charge is 0.493 e. The van der Waals surface area contributed by atoms with E-state index in [-0.39, 0.29) is 6.10 Å². The predicted molar refractivity (Wildman–Crippen MR) is 105 cm³/mol. The van der Waals surface area contributed by atoms with Crippen molar-refractivity contribution in [2.45, 2.75) is 44.1 Å². The molecule has 3 nitrogen and oxygen atoms in total. The SMILES string of the molecule is COc1ccccc1OC1CCN(CC2(C)CCc3ccccc32)CC1. The minimum absolute atomic E-state index is 0.284. The van der Waals surface area contributed by atoms with Crippen molar-refractivity contribution in [3.63, 3.8) is 0 Å². The number of nitrogens with zero attached hydrogens (tertiary/aromatic N) is 1. The van der Waals surface area contributed by atoms with Crippen LogP contribution in [0, 0.1) is 0 Å². The fourth-order valence-electron chi connectivity index (χ4n) is 4.61. The Morgan fingerprint density at radius 1 is 1.00 bits per heavy atom. The maximum absolute atomic E-state index is 6.23. The van der Waals surface area contributed by atoms with Gasteiger partial charge >= 0.3 is 0 Å². The van der Waals surface area contributed by atoms with Gasteiger partial charge in [-0.15, -0.1) is 0 Å². The highest BCUT2D eigenvalue weighted by Crippen LogP contribution is 2.39. The Morgan fingerprint density at radius 3 is 2.46 bits per heavy atom. The number of hydrogen-bond donors (Lipinski definition) is 0. The first-order chi connectivity index (χ1) is 12.7. The van der Waals surface area contributed by atoms with E-state index in [1.807, 2.05) is 24.3 Å². The molecule has 2 aliphatic rings. The summed E-state index contributed by atoms with van der Waals surface area (Å²) in [5.41, 5.74) is 3.41. The van der Waals surface area contributed by atoms with E-state index in [2.05, 4.69) is 36.1 Å². The highest BCUT2D eigenvalue weighted by Gasteiger charge is 2.36. The first-order valence-electron chi connectivity index (χ1n) is 9.78. The molecule has 3 heteroatoms. The van der Waals surface area contributed by atoms with Crippen LogP contribution < -0.4 is 9.47 Å². The maximum atomic E-state index is 6.23. The van der Waals surface area contributed by atoms with Crippen LogP contribution in [0.25, 0.3) is 0 Å². The van der Waals surface area contributed by atoms with Gasteiger partial charge in [0.1, 0.15) is 6.10 Å². The standard InChI is InChI=1S/C23H29NO2/c1-23(14-11-18-7-3-4-8-20(18)23)17-24-15-12-19(13-16-24)26-22-10-6-5-9-21(22)25-2/h3-10,19H,11-17H2,1-2H3. The lowest BCUT2D eigenvalue weighted by molar-refractivity contribution is 0.0855. The van der Waals surface area contributed by atoms with Crippen molar-refractivity contribution in [3.05, 3.63) is 59.7 Å². The van der Waals surface area contributed by atoms with E-state index < -0.39 is 0 Å². The lowest BCUT2D eigenvalue weighted by Gasteiger charge is -2.38. The van der Waals surface area contributed by atoms with Crippen LogP contribution in [0.2, 0.25) is 0 Å². The Morgan fingerprint density at radius 2 is 1.69 bits per heavy atom. The summed E-state index contributed by atoms with van der Waals surface area (Å²) in [6, 6.07) is 16.9. The third-order valence-electron chi connectivity index (χ3n) is 6.08. The number of methoxy groups -OCH3 is 1. The van der Waals surface area contributed by atoms with E-state index in [0.717, 1.165) is 44.0 Å². The Labute approximate surface area is 156 Å². The highest BCUT2D eigenvalue weighted by atomic mass is 16.5. The van der Waals surface area contributed by atoms with E-state index in [9.17, 15) is 0 Å². The molecule has 0 N–H and O–H groups in total. The Balaban J connectivity index is 1.34. The molecule has 2 aromatic carbocycles. The zero-order valence-corrected chi connectivity index (χ0v) is 15.9. The summed E-state index contributed by atoms with van der Waals surface area (Å²) in [5.74, 6) is 1.69. The lowest BCUT2D eigenvalue weighted by atomic mass is 9.83. The van der Waals surface area contributed by atoms with Gasteiger partial charge in [0.25, 0.3) is 0 Å². The zero-order valence-electron chi connectivity index (χ0n) is 15.9. The second kappa shape index (κ2) is 7.32. The molecule has 2 aromatic rings. The number of rotatable bonds is 5. The van der Waals surface area contributed by atoms with Gasteiger partial charge in [0.2, 0.25) is 0 Å². The van der Waals surface area contributed by atoms with Gasteiger partial charge in [-0.1, -0.05) is 43.3 Å². The van der Waals surface area contributed by atoms with Gasteiger partial charge in [-0.3, -0.25) is 0 Å². The summed E-state index contributed by atoms with van der Waals surface area (Å²) < 4.78 is 11.6. The molecule has 1 atom stereocenters. The average molecular weight is 351 g/mol. The van der Waals surface area contributed by atoms with Crippen molar-refractivity contribution >= 4 is 0 Å². The first-order valence-corrected chi connectivity index (χ1v) is 9.78. The van der Waals surface area contributed by atoms with E-state index in [1.165, 1.54) is 12.8 Å². The smallest absolute Gasteiger partial charge is 0.161 e. The summed E-state index contributed by atoms with van der Waals surface area (Å²) in [6.45, 7) is 5.82. The minimum Gasteiger partial charge on any atom is -0.493 e. The number of para-hydroxylation sites is 2. The molecule has 0 saturated carbocycles. The number of ether oxygens (including phenoxy) is 2. The number of fused-ring (bicyclic) bond motifs is 1. The zero-order chi connectivity index (χ0) is 18.0. The van der Waals surface area contributed by atoms with Crippen molar-refractivity contribution in [1.29, 1.82) is 0 Å². The molecule has 0 radical (unpaired) electrons. The van der Waals surface area contributed by atoms with Crippen LogP contribution in [-0.2, 0) is 11.8 Å². The van der Waals surface area contributed by atoms with Gasteiger partial charge in [0, 0.05) is 25.0 Å². The van der Waals surface area contributed by atoms with Gasteiger partial charge in [-0.25, -0.2) is 0 Å². The molecule has 138 valence electrons. The minimum atomic E-state index is 0.284. The summed E-state index contributed by atoms with van der Waals surface area (Å²) in [4.78, 5) is 2.63. The van der Waals surface area contributed by atoms with Gasteiger partial charge in [-0.05, 0) is 48.9 Å². The summed E-state index contributed by atoms with van der Waals surface area (Å²) in [5, 5.41) is 0. The van der Waals surface area contributed by atoms with Crippen molar-refractivity contribution in [2.24, 2.45) is 0 Å². The number of hydrogen-bond acceptors (Lipinski definition) is 3. The number of benzene rings is 2. The van der Waals surface area contributed by atoms with Crippen LogP contribution in [0.4, 0.5) is 0 Å². The van der Waals surface area contributed by atoms with Crippen molar-refractivity contribution in [1.82, 2.24) is 4.90 Å². The normalized spacial score (nSPS) is 23.6. The van der Waals surface area contributed by atoms with E-state index in [0.29, 0.717) is 5.41 Å². The van der Waals surface area contributed by atoms with Crippen LogP contribution in [0.1, 0.15) is 37.3 Å². The number of piperidine rings is 1. The quantitative estimate of drug-likeness (QED) is 0.795. The molecular weight excluding hydrogens is 322 g/mol. The second-order valence-corrected chi connectivity index (χ2v) is 7.96. The molecule has 1 aliphatic heterocycles. The number of likely N-dealkylation sites (tertiary alicyclic amines) is 1. The molecule has 1 aliphatic carbocycles. The third kappa shape index (κ3) is 3.45. The molecule has 0 aromatic heterocycles. The lowest BCUT2D eigenvalue weighted by Crippen LogP contribution is -2.44. The van der Waals surface area contributed by atoms with Gasteiger partial charge in [0.05, 0.1) is 7.11 Å². The monoisotopic (exact) mass is 351 g/mol. The average Bonchev–Trinajstić information content (AvgIpc) is 3.01. The molecule has 1 fully saturated rings. The summed E-state index contributed by atoms with van der Waals surface area (Å²) in [7, 11) is 1.70. The highest BCUT2D eigenvalue weighted by molar-refractivity contribution is 5.40. The molecule has 26 heavy (non-hydrogen) atoms. The van der Waals surface area contributed by atoms with Crippen LogP contribution in [0.5, 0.6) is 11.5 Å². The van der Waals surface area contributed by atoms with Crippen LogP contribution in [-0.4, -0.2) is 37.7 Å². The Kier molecular flexibility index (Phi) is 4.90. The molecule has 1 heterocycles. The Hall–Kier alpha value is -2.00. The second-order valence-electron chi connectivity index (χ2n) is 7.96. The maximum Gasteiger partial charge on any atom is 0.161 e. The van der Waals surface area contributed by atoms with Gasteiger partial charge in [-0.2, -0.15) is 0 Å².